The van der Waals surface area contributed by atoms with E-state index in [0.717, 1.165) is 0 Å². The zero-order valence-corrected chi connectivity index (χ0v) is 14.3. The van der Waals surface area contributed by atoms with E-state index in [1.54, 1.807) is 17.0 Å². The summed E-state index contributed by atoms with van der Waals surface area (Å²) in [6, 6.07) is 17.6. The van der Waals surface area contributed by atoms with Crippen LogP contribution in [0.2, 0.25) is 0 Å². The third-order valence-corrected chi connectivity index (χ3v) is 3.75. The van der Waals surface area contributed by atoms with Crippen molar-refractivity contribution in [3.05, 3.63) is 66.2 Å². The summed E-state index contributed by atoms with van der Waals surface area (Å²) in [6.45, 7) is 4.04. The van der Waals surface area contributed by atoms with Gasteiger partial charge in [0.05, 0.1) is 7.11 Å². The monoisotopic (exact) mass is 325 g/mol. The number of esters is 1. The van der Waals surface area contributed by atoms with Crippen molar-refractivity contribution in [1.29, 1.82) is 0 Å². The van der Waals surface area contributed by atoms with Crippen LogP contribution in [0.1, 0.15) is 30.6 Å². The van der Waals surface area contributed by atoms with Gasteiger partial charge in [-0.25, -0.2) is 4.79 Å². The first kappa shape index (κ1) is 17.7. The summed E-state index contributed by atoms with van der Waals surface area (Å²) in [4.78, 5) is 27.0. The van der Waals surface area contributed by atoms with Gasteiger partial charge in [-0.1, -0.05) is 50.2 Å². The van der Waals surface area contributed by atoms with Crippen LogP contribution >= 0.6 is 0 Å². The van der Waals surface area contributed by atoms with Gasteiger partial charge < -0.3 is 4.74 Å². The molecule has 24 heavy (non-hydrogen) atoms. The van der Waals surface area contributed by atoms with Crippen molar-refractivity contribution in [1.82, 2.24) is 0 Å². The maximum Gasteiger partial charge on any atom is 0.328 e. The molecule has 0 N–H and O–H groups in total. The molecule has 1 atom stereocenters. The molecule has 0 bridgehead atoms. The second-order valence-corrected chi connectivity index (χ2v) is 6.05. The molecule has 2 aromatic rings. The second-order valence-electron chi connectivity index (χ2n) is 6.05. The number of ether oxygens (including phenoxy) is 1. The second kappa shape index (κ2) is 8.29. The quantitative estimate of drug-likeness (QED) is 0.756. The van der Waals surface area contributed by atoms with Gasteiger partial charge in [-0.2, -0.15) is 0 Å². The van der Waals surface area contributed by atoms with Gasteiger partial charge in [0.2, 0.25) is 0 Å². The number of nitrogens with zero attached hydrogens (tertiary/aromatic N) is 1. The Hall–Kier alpha value is -2.62. The fraction of sp³-hybridized carbons (Fsp3) is 0.300. The SMILES string of the molecule is COC(=O)[C@H](CC(C)C)N(C(=O)c1ccccc1)c1ccccc1. The van der Waals surface area contributed by atoms with Crippen molar-refractivity contribution in [2.24, 2.45) is 5.92 Å². The van der Waals surface area contributed by atoms with Crippen LogP contribution in [-0.4, -0.2) is 25.0 Å². The number of carbonyl (C=O) groups is 2. The highest BCUT2D eigenvalue weighted by molar-refractivity contribution is 6.09. The van der Waals surface area contributed by atoms with Crippen LogP contribution in [0, 0.1) is 5.92 Å². The Labute approximate surface area is 143 Å². The molecule has 0 aromatic heterocycles. The van der Waals surface area contributed by atoms with Crippen molar-refractivity contribution in [3.8, 4) is 0 Å². The number of benzene rings is 2. The number of carbonyl (C=O) groups excluding carboxylic acids is 2. The van der Waals surface area contributed by atoms with Crippen molar-refractivity contribution in [2.75, 3.05) is 12.0 Å². The molecular weight excluding hydrogens is 302 g/mol. The molecule has 0 aliphatic heterocycles. The minimum Gasteiger partial charge on any atom is -0.467 e. The van der Waals surface area contributed by atoms with E-state index < -0.39 is 12.0 Å². The number of hydrogen-bond acceptors (Lipinski definition) is 3. The predicted octanol–water partition coefficient (Wildman–Crippen LogP) is 3.92. The molecule has 2 rings (SSSR count). The van der Waals surface area contributed by atoms with Crippen molar-refractivity contribution >= 4 is 17.6 Å². The van der Waals surface area contributed by atoms with Crippen molar-refractivity contribution in [2.45, 2.75) is 26.3 Å². The van der Waals surface area contributed by atoms with E-state index in [1.807, 2.05) is 62.4 Å². The molecule has 0 radical (unpaired) electrons. The average molecular weight is 325 g/mol. The third-order valence-electron chi connectivity index (χ3n) is 3.75. The lowest BCUT2D eigenvalue weighted by molar-refractivity contribution is -0.142. The standard InChI is InChI=1S/C20H23NO3/c1-15(2)14-18(20(23)24-3)21(17-12-8-5-9-13-17)19(22)16-10-6-4-7-11-16/h4-13,15,18H,14H2,1-3H3/t18-/m0/s1. The summed E-state index contributed by atoms with van der Waals surface area (Å²) in [7, 11) is 1.35. The Morgan fingerprint density at radius 1 is 0.958 bits per heavy atom. The van der Waals surface area contributed by atoms with E-state index in [2.05, 4.69) is 0 Å². The zero-order chi connectivity index (χ0) is 17.5. The molecule has 1 amide bonds. The molecular formula is C20H23NO3. The number of rotatable bonds is 6. The summed E-state index contributed by atoms with van der Waals surface area (Å²) in [5.74, 6) is -0.376. The van der Waals surface area contributed by atoms with E-state index in [1.165, 1.54) is 7.11 Å². The summed E-state index contributed by atoms with van der Waals surface area (Å²) >= 11 is 0. The molecule has 126 valence electrons. The molecule has 0 saturated heterocycles. The highest BCUT2D eigenvalue weighted by atomic mass is 16.5. The molecule has 0 unspecified atom stereocenters. The van der Waals surface area contributed by atoms with Gasteiger partial charge in [-0.3, -0.25) is 9.69 Å². The lowest BCUT2D eigenvalue weighted by atomic mass is 10.0. The Morgan fingerprint density at radius 3 is 2.00 bits per heavy atom. The summed E-state index contributed by atoms with van der Waals surface area (Å²) in [5, 5.41) is 0. The molecule has 0 aliphatic carbocycles. The Morgan fingerprint density at radius 2 is 1.50 bits per heavy atom. The Kier molecular flexibility index (Phi) is 6.13. The highest BCUT2D eigenvalue weighted by Gasteiger charge is 2.33. The maximum atomic E-state index is 13.1. The van der Waals surface area contributed by atoms with Crippen molar-refractivity contribution in [3.63, 3.8) is 0 Å². The Bertz CT molecular complexity index is 668. The molecule has 2 aromatic carbocycles. The van der Waals surface area contributed by atoms with Crippen LogP contribution in [0.4, 0.5) is 5.69 Å². The molecule has 0 aliphatic rings. The highest BCUT2D eigenvalue weighted by Crippen LogP contribution is 2.24. The summed E-state index contributed by atoms with van der Waals surface area (Å²) in [6.07, 6.45) is 0.528. The number of anilines is 1. The van der Waals surface area contributed by atoms with E-state index >= 15 is 0 Å². The van der Waals surface area contributed by atoms with Crippen LogP contribution < -0.4 is 4.90 Å². The fourth-order valence-electron chi connectivity index (χ4n) is 2.64. The van der Waals surface area contributed by atoms with Crippen LogP contribution in [0.15, 0.2) is 60.7 Å². The Balaban J connectivity index is 2.49. The molecule has 0 spiro atoms. The van der Waals surface area contributed by atoms with Gasteiger partial charge in [-0.05, 0) is 36.6 Å². The van der Waals surface area contributed by atoms with Crippen LogP contribution in [0.25, 0.3) is 0 Å². The lowest BCUT2D eigenvalue weighted by Gasteiger charge is -2.31. The average Bonchev–Trinajstić information content (AvgIpc) is 2.61. The topological polar surface area (TPSA) is 46.6 Å². The molecule has 0 saturated carbocycles. The van der Waals surface area contributed by atoms with E-state index in [0.29, 0.717) is 17.7 Å². The first-order chi connectivity index (χ1) is 11.5. The molecule has 4 heteroatoms. The van der Waals surface area contributed by atoms with Gasteiger partial charge in [0.25, 0.3) is 5.91 Å². The maximum absolute atomic E-state index is 13.1. The molecule has 4 nitrogen and oxygen atoms in total. The minimum absolute atomic E-state index is 0.210. The largest absolute Gasteiger partial charge is 0.467 e. The molecule has 0 heterocycles. The van der Waals surface area contributed by atoms with Gasteiger partial charge in [0, 0.05) is 11.3 Å². The fourth-order valence-corrected chi connectivity index (χ4v) is 2.64. The predicted molar refractivity (Wildman–Crippen MR) is 95.0 cm³/mol. The smallest absolute Gasteiger partial charge is 0.328 e. The molecule has 0 fully saturated rings. The normalized spacial score (nSPS) is 11.8. The minimum atomic E-state index is -0.662. The van der Waals surface area contributed by atoms with E-state index in [9.17, 15) is 9.59 Å². The zero-order valence-electron chi connectivity index (χ0n) is 14.3. The van der Waals surface area contributed by atoms with E-state index in [4.69, 9.17) is 4.74 Å². The van der Waals surface area contributed by atoms with Gasteiger partial charge in [-0.15, -0.1) is 0 Å². The lowest BCUT2D eigenvalue weighted by Crippen LogP contribution is -2.46. The summed E-state index contributed by atoms with van der Waals surface area (Å²) < 4.78 is 4.97. The first-order valence-corrected chi connectivity index (χ1v) is 8.06. The van der Waals surface area contributed by atoms with Crippen molar-refractivity contribution < 1.29 is 14.3 Å². The third kappa shape index (κ3) is 4.22. The van der Waals surface area contributed by atoms with Crippen LogP contribution in [0.3, 0.4) is 0 Å². The van der Waals surface area contributed by atoms with Gasteiger partial charge >= 0.3 is 5.97 Å². The van der Waals surface area contributed by atoms with Crippen LogP contribution in [0.5, 0.6) is 0 Å². The van der Waals surface area contributed by atoms with Gasteiger partial charge in [0.1, 0.15) is 6.04 Å². The van der Waals surface area contributed by atoms with Crippen LogP contribution in [-0.2, 0) is 9.53 Å². The first-order valence-electron chi connectivity index (χ1n) is 8.06. The van der Waals surface area contributed by atoms with E-state index in [-0.39, 0.29) is 11.8 Å². The number of para-hydroxylation sites is 1. The number of amides is 1. The van der Waals surface area contributed by atoms with Gasteiger partial charge in [0.15, 0.2) is 0 Å². The summed E-state index contributed by atoms with van der Waals surface area (Å²) in [5.41, 5.74) is 1.22. The number of hydrogen-bond donors (Lipinski definition) is 0. The number of methoxy groups -OCH3 is 1.